The molecule has 0 amide bonds. The molecule has 5 rings (SSSR count). The van der Waals surface area contributed by atoms with Gasteiger partial charge in [0, 0.05) is 16.1 Å². The Labute approximate surface area is 149 Å². The SMILES string of the molecule is O=c1c2c(oc3ccc(Cl)cc13)-c1ccccc1C1(C=CCCC1)O2. The van der Waals surface area contributed by atoms with Crippen molar-refractivity contribution in [3.8, 4) is 17.1 Å². The van der Waals surface area contributed by atoms with Crippen LogP contribution in [0.5, 0.6) is 5.75 Å². The number of hydrogen-bond acceptors (Lipinski definition) is 3. The van der Waals surface area contributed by atoms with E-state index in [1.165, 1.54) is 0 Å². The average Bonchev–Trinajstić information content (AvgIpc) is 2.65. The van der Waals surface area contributed by atoms with Gasteiger partial charge in [-0.2, -0.15) is 0 Å². The van der Waals surface area contributed by atoms with Crippen molar-refractivity contribution in [2.24, 2.45) is 0 Å². The number of allylic oxidation sites excluding steroid dienone is 1. The van der Waals surface area contributed by atoms with Gasteiger partial charge in [0.05, 0.1) is 5.39 Å². The van der Waals surface area contributed by atoms with E-state index in [1.807, 2.05) is 18.2 Å². The molecule has 1 spiro atoms. The van der Waals surface area contributed by atoms with Crippen LogP contribution in [0.15, 0.2) is 63.8 Å². The van der Waals surface area contributed by atoms with Crippen LogP contribution in [0.25, 0.3) is 22.3 Å². The molecule has 1 aliphatic carbocycles. The predicted molar refractivity (Wildman–Crippen MR) is 98.2 cm³/mol. The second-order valence-corrected chi connectivity index (χ2v) is 7.00. The molecule has 0 fully saturated rings. The summed E-state index contributed by atoms with van der Waals surface area (Å²) < 4.78 is 12.4. The topological polar surface area (TPSA) is 39.4 Å². The first kappa shape index (κ1) is 14.8. The zero-order valence-electron chi connectivity index (χ0n) is 13.4. The Balaban J connectivity index is 1.87. The molecule has 2 aromatic carbocycles. The van der Waals surface area contributed by atoms with Crippen LogP contribution in [0, 0.1) is 0 Å². The monoisotopic (exact) mass is 350 g/mol. The fraction of sp³-hybridized carbons (Fsp3) is 0.190. The second-order valence-electron chi connectivity index (χ2n) is 6.56. The fourth-order valence-electron chi connectivity index (χ4n) is 3.86. The van der Waals surface area contributed by atoms with Gasteiger partial charge in [0.15, 0.2) is 11.4 Å². The lowest BCUT2D eigenvalue weighted by Gasteiger charge is -2.38. The highest BCUT2D eigenvalue weighted by atomic mass is 35.5. The van der Waals surface area contributed by atoms with Crippen LogP contribution in [-0.2, 0) is 5.60 Å². The molecule has 1 aliphatic heterocycles. The molecule has 0 radical (unpaired) electrons. The van der Waals surface area contributed by atoms with Gasteiger partial charge in [0.25, 0.3) is 0 Å². The van der Waals surface area contributed by atoms with Crippen LogP contribution >= 0.6 is 11.6 Å². The van der Waals surface area contributed by atoms with Crippen molar-refractivity contribution in [2.45, 2.75) is 24.9 Å². The van der Waals surface area contributed by atoms with Crippen LogP contribution in [0.1, 0.15) is 24.8 Å². The molecule has 2 heterocycles. The van der Waals surface area contributed by atoms with E-state index in [1.54, 1.807) is 18.2 Å². The van der Waals surface area contributed by atoms with E-state index in [0.29, 0.717) is 21.8 Å². The highest BCUT2D eigenvalue weighted by molar-refractivity contribution is 6.31. The van der Waals surface area contributed by atoms with Crippen LogP contribution in [0.4, 0.5) is 0 Å². The van der Waals surface area contributed by atoms with Crippen molar-refractivity contribution in [3.63, 3.8) is 0 Å². The number of rotatable bonds is 0. The molecular formula is C21H15ClO3. The molecule has 3 aromatic rings. The van der Waals surface area contributed by atoms with Crippen molar-refractivity contribution in [3.05, 3.63) is 75.4 Å². The third-order valence-electron chi connectivity index (χ3n) is 5.03. The van der Waals surface area contributed by atoms with Gasteiger partial charge in [0.2, 0.25) is 11.2 Å². The summed E-state index contributed by atoms with van der Waals surface area (Å²) in [5.74, 6) is 0.778. The lowest BCUT2D eigenvalue weighted by atomic mass is 9.79. The molecule has 0 saturated carbocycles. The van der Waals surface area contributed by atoms with Crippen molar-refractivity contribution in [1.29, 1.82) is 0 Å². The van der Waals surface area contributed by atoms with E-state index in [-0.39, 0.29) is 11.2 Å². The summed E-state index contributed by atoms with van der Waals surface area (Å²) in [6.07, 6.45) is 7.10. The molecule has 1 unspecified atom stereocenters. The lowest BCUT2D eigenvalue weighted by molar-refractivity contribution is 0.0939. The molecule has 1 atom stereocenters. The summed E-state index contributed by atoms with van der Waals surface area (Å²) in [6.45, 7) is 0. The predicted octanol–water partition coefficient (Wildman–Crippen LogP) is 5.44. The quantitative estimate of drug-likeness (QED) is 0.507. The van der Waals surface area contributed by atoms with Crippen LogP contribution in [-0.4, -0.2) is 0 Å². The van der Waals surface area contributed by atoms with E-state index in [2.05, 4.69) is 18.2 Å². The minimum atomic E-state index is -0.594. The molecular weight excluding hydrogens is 336 g/mol. The minimum Gasteiger partial charge on any atom is -0.471 e. The minimum absolute atomic E-state index is 0.174. The smallest absolute Gasteiger partial charge is 0.235 e. The average molecular weight is 351 g/mol. The van der Waals surface area contributed by atoms with Gasteiger partial charge in [-0.3, -0.25) is 4.79 Å². The fourth-order valence-corrected chi connectivity index (χ4v) is 4.03. The Morgan fingerprint density at radius 3 is 2.84 bits per heavy atom. The molecule has 0 saturated heterocycles. The summed E-state index contributed by atoms with van der Waals surface area (Å²) in [7, 11) is 0. The molecule has 124 valence electrons. The molecule has 25 heavy (non-hydrogen) atoms. The number of fused-ring (bicyclic) bond motifs is 5. The van der Waals surface area contributed by atoms with E-state index in [4.69, 9.17) is 20.8 Å². The van der Waals surface area contributed by atoms with E-state index in [9.17, 15) is 4.79 Å². The van der Waals surface area contributed by atoms with Crippen LogP contribution in [0.3, 0.4) is 0 Å². The molecule has 4 heteroatoms. The first-order valence-corrected chi connectivity index (χ1v) is 8.79. The number of halogens is 1. The summed E-state index contributed by atoms with van der Waals surface area (Å²) in [6, 6.07) is 13.1. The van der Waals surface area contributed by atoms with Crippen molar-refractivity contribution in [2.75, 3.05) is 0 Å². The summed E-state index contributed by atoms with van der Waals surface area (Å²) in [4.78, 5) is 13.1. The number of benzene rings is 2. The van der Waals surface area contributed by atoms with Crippen LogP contribution in [0.2, 0.25) is 5.02 Å². The Bertz CT molecular complexity index is 1100. The molecule has 0 bridgehead atoms. The van der Waals surface area contributed by atoms with E-state index >= 15 is 0 Å². The zero-order valence-corrected chi connectivity index (χ0v) is 14.2. The summed E-state index contributed by atoms with van der Waals surface area (Å²) in [5.41, 5.74) is 1.72. The Morgan fingerprint density at radius 2 is 2.00 bits per heavy atom. The van der Waals surface area contributed by atoms with Gasteiger partial charge in [-0.15, -0.1) is 0 Å². The summed E-state index contributed by atoms with van der Waals surface area (Å²) >= 11 is 6.06. The van der Waals surface area contributed by atoms with Crippen molar-refractivity contribution in [1.82, 2.24) is 0 Å². The summed E-state index contributed by atoms with van der Waals surface area (Å²) in [5, 5.41) is 0.948. The second kappa shape index (κ2) is 5.24. The van der Waals surface area contributed by atoms with Gasteiger partial charge in [-0.1, -0.05) is 41.9 Å². The lowest BCUT2D eigenvalue weighted by Crippen LogP contribution is -2.37. The first-order valence-electron chi connectivity index (χ1n) is 8.41. The van der Waals surface area contributed by atoms with Crippen molar-refractivity contribution >= 4 is 22.6 Å². The zero-order chi connectivity index (χ0) is 17.0. The van der Waals surface area contributed by atoms with Gasteiger partial charge >= 0.3 is 0 Å². The Morgan fingerprint density at radius 1 is 1.12 bits per heavy atom. The van der Waals surface area contributed by atoms with Gasteiger partial charge in [0.1, 0.15) is 5.58 Å². The van der Waals surface area contributed by atoms with Gasteiger partial charge in [-0.05, 0) is 43.5 Å². The molecule has 0 N–H and O–H groups in total. The number of hydrogen-bond donors (Lipinski definition) is 0. The molecule has 1 aromatic heterocycles. The largest absolute Gasteiger partial charge is 0.471 e. The maximum atomic E-state index is 13.1. The van der Waals surface area contributed by atoms with Crippen LogP contribution < -0.4 is 10.2 Å². The van der Waals surface area contributed by atoms with E-state index < -0.39 is 5.60 Å². The highest BCUT2D eigenvalue weighted by Gasteiger charge is 2.41. The number of ether oxygens (including phenoxy) is 1. The van der Waals surface area contributed by atoms with Crippen molar-refractivity contribution < 1.29 is 9.15 Å². The Kier molecular flexibility index (Phi) is 3.10. The third-order valence-corrected chi connectivity index (χ3v) is 5.26. The van der Waals surface area contributed by atoms with Gasteiger partial charge in [-0.25, -0.2) is 0 Å². The standard InChI is InChI=1S/C21H15ClO3/c22-13-8-9-17-15(12-13)18(23)20-19(24-17)14-6-2-3-7-16(14)21(25-20)10-4-1-5-11-21/h2-4,6-10,12H,1,5,11H2. The molecule has 3 nitrogen and oxygen atoms in total. The maximum absolute atomic E-state index is 13.1. The third kappa shape index (κ3) is 2.09. The molecule has 2 aliphatic rings. The van der Waals surface area contributed by atoms with E-state index in [0.717, 1.165) is 30.4 Å². The normalized spacial score (nSPS) is 21.0. The first-order chi connectivity index (χ1) is 12.2. The maximum Gasteiger partial charge on any atom is 0.235 e. The highest BCUT2D eigenvalue weighted by Crippen LogP contribution is 2.48. The van der Waals surface area contributed by atoms with Gasteiger partial charge < -0.3 is 9.15 Å². The Hall–Kier alpha value is -2.52.